The number of nitrogens with zero attached hydrogens (tertiary/aromatic N) is 2. The first-order valence-electron chi connectivity index (χ1n) is 5.73. The van der Waals surface area contributed by atoms with Gasteiger partial charge in [-0.2, -0.15) is 5.10 Å². The Balaban J connectivity index is 2.66. The van der Waals surface area contributed by atoms with Gasteiger partial charge in [-0.1, -0.05) is 13.3 Å². The maximum atomic E-state index is 11.6. The van der Waals surface area contributed by atoms with Crippen molar-refractivity contribution in [3.8, 4) is 0 Å². The molecule has 2 heterocycles. The maximum absolute atomic E-state index is 11.6. The molecular weight excluding hydrogens is 252 g/mol. The summed E-state index contributed by atoms with van der Waals surface area (Å²) >= 11 is 0. The Kier molecular flexibility index (Phi) is 3.36. The van der Waals surface area contributed by atoms with Crippen LogP contribution in [0.5, 0.6) is 0 Å². The van der Waals surface area contributed by atoms with E-state index in [1.54, 1.807) is 12.3 Å². The van der Waals surface area contributed by atoms with Crippen LogP contribution in [0.4, 0.5) is 0 Å². The second-order valence-electron chi connectivity index (χ2n) is 4.35. The largest absolute Gasteiger partial charge is 0.324 e. The summed E-state index contributed by atoms with van der Waals surface area (Å²) in [4.78, 5) is 4.05. The molecule has 18 heavy (non-hydrogen) atoms. The smallest absolute Gasteiger partial charge is 0.192 e. The lowest BCUT2D eigenvalue weighted by Crippen LogP contribution is -2.12. The normalized spacial score (nSPS) is 13.9. The van der Waals surface area contributed by atoms with Crippen molar-refractivity contribution in [1.29, 1.82) is 0 Å². The van der Waals surface area contributed by atoms with Crippen molar-refractivity contribution < 1.29 is 8.42 Å². The molecule has 0 unspecified atom stereocenters. The number of hydrogen-bond acceptors (Lipinski definition) is 5. The lowest BCUT2D eigenvalue weighted by molar-refractivity contribution is 0.597. The van der Waals surface area contributed by atoms with Crippen molar-refractivity contribution in [1.82, 2.24) is 15.2 Å². The molecule has 6 nitrogen and oxygen atoms in total. The van der Waals surface area contributed by atoms with Crippen LogP contribution in [0.1, 0.15) is 31.4 Å². The van der Waals surface area contributed by atoms with Crippen molar-refractivity contribution in [3.05, 3.63) is 17.8 Å². The van der Waals surface area contributed by atoms with Gasteiger partial charge in [-0.05, 0) is 18.1 Å². The van der Waals surface area contributed by atoms with Crippen LogP contribution in [-0.2, 0) is 9.84 Å². The Morgan fingerprint density at radius 2 is 2.22 bits per heavy atom. The first-order valence-corrected chi connectivity index (χ1v) is 7.62. The van der Waals surface area contributed by atoms with Gasteiger partial charge in [-0.15, -0.1) is 0 Å². The van der Waals surface area contributed by atoms with Crippen molar-refractivity contribution in [2.75, 3.05) is 6.26 Å². The highest BCUT2D eigenvalue weighted by Crippen LogP contribution is 2.25. The summed E-state index contributed by atoms with van der Waals surface area (Å²) in [6.45, 7) is 2.03. The third-order valence-corrected chi connectivity index (χ3v) is 3.78. The number of aromatic amines is 1. The molecule has 2 aromatic rings. The minimum atomic E-state index is -3.36. The Labute approximate surface area is 106 Å². The number of fused-ring (bicyclic) bond motifs is 1. The fourth-order valence-corrected chi connectivity index (χ4v) is 2.49. The fourth-order valence-electron chi connectivity index (χ4n) is 1.89. The SMILES string of the molecule is CCC[C@H](N)c1cc(S(C)(=O)=O)nc2[nH]ncc12. The first kappa shape index (κ1) is 13.0. The monoisotopic (exact) mass is 268 g/mol. The van der Waals surface area contributed by atoms with Crippen LogP contribution in [0.25, 0.3) is 11.0 Å². The summed E-state index contributed by atoms with van der Waals surface area (Å²) in [5, 5.41) is 7.39. The number of nitrogens with two attached hydrogens (primary N) is 1. The second kappa shape index (κ2) is 4.66. The molecule has 0 saturated heterocycles. The van der Waals surface area contributed by atoms with Crippen LogP contribution < -0.4 is 5.73 Å². The van der Waals surface area contributed by atoms with Crippen LogP contribution in [-0.4, -0.2) is 29.9 Å². The first-order chi connectivity index (χ1) is 8.43. The molecule has 0 spiro atoms. The van der Waals surface area contributed by atoms with E-state index in [2.05, 4.69) is 15.2 Å². The van der Waals surface area contributed by atoms with E-state index < -0.39 is 9.84 Å². The number of nitrogens with one attached hydrogen (secondary N) is 1. The van der Waals surface area contributed by atoms with Crippen LogP contribution in [0.15, 0.2) is 17.3 Å². The molecule has 7 heteroatoms. The van der Waals surface area contributed by atoms with Crippen molar-refractivity contribution in [2.45, 2.75) is 30.8 Å². The van der Waals surface area contributed by atoms with Gasteiger partial charge in [0.25, 0.3) is 0 Å². The van der Waals surface area contributed by atoms with Crippen molar-refractivity contribution >= 4 is 20.9 Å². The average Bonchev–Trinajstić information content (AvgIpc) is 2.74. The zero-order chi connectivity index (χ0) is 13.3. The Hall–Kier alpha value is -1.47. The van der Waals surface area contributed by atoms with Crippen LogP contribution >= 0.6 is 0 Å². The topological polar surface area (TPSA) is 102 Å². The molecule has 0 aliphatic heterocycles. The van der Waals surface area contributed by atoms with Crippen LogP contribution in [0.3, 0.4) is 0 Å². The number of aromatic nitrogens is 3. The van der Waals surface area contributed by atoms with E-state index in [9.17, 15) is 8.42 Å². The zero-order valence-electron chi connectivity index (χ0n) is 10.3. The third-order valence-electron chi connectivity index (χ3n) is 2.81. The van der Waals surface area contributed by atoms with Gasteiger partial charge in [0.2, 0.25) is 0 Å². The van der Waals surface area contributed by atoms with Gasteiger partial charge in [0, 0.05) is 17.7 Å². The highest BCUT2D eigenvalue weighted by Gasteiger charge is 2.17. The van der Waals surface area contributed by atoms with Gasteiger partial charge in [-0.3, -0.25) is 5.10 Å². The summed E-state index contributed by atoms with van der Waals surface area (Å²) in [7, 11) is -3.36. The molecule has 0 amide bonds. The van der Waals surface area contributed by atoms with E-state index in [0.717, 1.165) is 30.0 Å². The van der Waals surface area contributed by atoms with Gasteiger partial charge >= 0.3 is 0 Å². The Morgan fingerprint density at radius 3 is 2.83 bits per heavy atom. The molecule has 3 N–H and O–H groups in total. The third kappa shape index (κ3) is 2.37. The second-order valence-corrected chi connectivity index (χ2v) is 6.31. The average molecular weight is 268 g/mol. The van der Waals surface area contributed by atoms with Crippen molar-refractivity contribution in [3.63, 3.8) is 0 Å². The number of hydrogen-bond donors (Lipinski definition) is 2. The lowest BCUT2D eigenvalue weighted by atomic mass is 10.0. The molecule has 0 fully saturated rings. The number of rotatable bonds is 4. The zero-order valence-corrected chi connectivity index (χ0v) is 11.2. The van der Waals surface area contributed by atoms with Gasteiger partial charge in [0.1, 0.15) is 0 Å². The molecular formula is C11H16N4O2S. The van der Waals surface area contributed by atoms with Crippen molar-refractivity contribution in [2.24, 2.45) is 5.73 Å². The van der Waals surface area contributed by atoms with E-state index in [1.165, 1.54) is 0 Å². The highest BCUT2D eigenvalue weighted by molar-refractivity contribution is 7.90. The minimum Gasteiger partial charge on any atom is -0.324 e. The molecule has 0 aliphatic rings. The Morgan fingerprint density at radius 1 is 1.50 bits per heavy atom. The van der Waals surface area contributed by atoms with Gasteiger partial charge in [-0.25, -0.2) is 13.4 Å². The summed E-state index contributed by atoms with van der Waals surface area (Å²) in [5.41, 5.74) is 7.31. The minimum absolute atomic E-state index is 0.0285. The molecule has 98 valence electrons. The van der Waals surface area contributed by atoms with Gasteiger partial charge < -0.3 is 5.73 Å². The molecule has 2 aromatic heterocycles. The molecule has 0 radical (unpaired) electrons. The standard InChI is InChI=1S/C11H16N4O2S/c1-3-4-9(12)7-5-10(18(2,16)17)14-11-8(7)6-13-15-11/h5-6,9H,3-4,12H2,1-2H3,(H,13,14,15)/t9-/m0/s1. The fraction of sp³-hybridized carbons (Fsp3) is 0.455. The Bertz CT molecular complexity index is 663. The molecule has 0 aliphatic carbocycles. The predicted octanol–water partition coefficient (Wildman–Crippen LogP) is 1.16. The summed E-state index contributed by atoms with van der Waals surface area (Å²) in [6.07, 6.45) is 4.47. The molecule has 0 bridgehead atoms. The van der Waals surface area contributed by atoms with E-state index in [1.807, 2.05) is 6.92 Å². The van der Waals surface area contributed by atoms with Crippen LogP contribution in [0, 0.1) is 0 Å². The lowest BCUT2D eigenvalue weighted by Gasteiger charge is -2.12. The number of sulfone groups is 1. The van der Waals surface area contributed by atoms with Crippen LogP contribution in [0.2, 0.25) is 0 Å². The highest BCUT2D eigenvalue weighted by atomic mass is 32.2. The maximum Gasteiger partial charge on any atom is 0.192 e. The van der Waals surface area contributed by atoms with Gasteiger partial charge in [0.15, 0.2) is 20.5 Å². The quantitative estimate of drug-likeness (QED) is 0.866. The van der Waals surface area contributed by atoms with E-state index >= 15 is 0 Å². The van der Waals surface area contributed by atoms with E-state index in [-0.39, 0.29) is 11.1 Å². The summed E-state index contributed by atoms with van der Waals surface area (Å²) < 4.78 is 23.2. The van der Waals surface area contributed by atoms with Gasteiger partial charge in [0.05, 0.1) is 6.20 Å². The molecule has 1 atom stereocenters. The molecule has 2 rings (SSSR count). The summed E-state index contributed by atoms with van der Waals surface area (Å²) in [5.74, 6) is 0. The summed E-state index contributed by atoms with van der Waals surface area (Å²) in [6, 6.07) is 1.34. The molecule has 0 saturated carbocycles. The number of pyridine rings is 1. The van der Waals surface area contributed by atoms with E-state index in [0.29, 0.717) is 5.65 Å². The van der Waals surface area contributed by atoms with E-state index in [4.69, 9.17) is 5.73 Å². The molecule has 0 aromatic carbocycles. The predicted molar refractivity (Wildman–Crippen MR) is 68.8 cm³/mol. The number of H-pyrrole nitrogens is 1.